The minimum Gasteiger partial charge on any atom is -0.348 e. The van der Waals surface area contributed by atoms with E-state index in [1.807, 2.05) is 12.1 Å². The molecule has 1 aliphatic rings. The summed E-state index contributed by atoms with van der Waals surface area (Å²) in [4.78, 5) is 32.1. The Balaban J connectivity index is 1.63. The molecule has 0 saturated heterocycles. The highest BCUT2D eigenvalue weighted by molar-refractivity contribution is 5.96. The van der Waals surface area contributed by atoms with Gasteiger partial charge in [-0.3, -0.25) is 14.6 Å². The molecular weight excluding hydrogens is 280 g/mol. The van der Waals surface area contributed by atoms with E-state index < -0.39 is 0 Å². The third-order valence-corrected chi connectivity index (χ3v) is 3.33. The van der Waals surface area contributed by atoms with Gasteiger partial charge in [0.15, 0.2) is 0 Å². The van der Waals surface area contributed by atoms with Crippen molar-refractivity contribution in [1.29, 1.82) is 0 Å². The van der Waals surface area contributed by atoms with Crippen molar-refractivity contribution < 1.29 is 9.59 Å². The van der Waals surface area contributed by atoms with E-state index in [1.165, 1.54) is 0 Å². The van der Waals surface area contributed by atoms with Crippen LogP contribution in [0.5, 0.6) is 0 Å². The highest BCUT2D eigenvalue weighted by Gasteiger charge is 2.24. The van der Waals surface area contributed by atoms with Crippen LogP contribution in [0.3, 0.4) is 0 Å². The van der Waals surface area contributed by atoms with Crippen molar-refractivity contribution >= 4 is 11.8 Å². The molecule has 0 aromatic carbocycles. The zero-order chi connectivity index (χ0) is 15.4. The first-order valence-electron chi connectivity index (χ1n) is 7.17. The lowest BCUT2D eigenvalue weighted by molar-refractivity contribution is 0.0941. The van der Waals surface area contributed by atoms with Crippen molar-refractivity contribution in [2.45, 2.75) is 25.4 Å². The van der Waals surface area contributed by atoms with Crippen LogP contribution in [0.25, 0.3) is 0 Å². The number of nitrogens with one attached hydrogen (secondary N) is 2. The average Bonchev–Trinajstić information content (AvgIpc) is 3.37. The van der Waals surface area contributed by atoms with Crippen LogP contribution in [0.15, 0.2) is 42.7 Å². The number of hydrogen-bond acceptors (Lipinski definition) is 4. The van der Waals surface area contributed by atoms with Gasteiger partial charge in [0.05, 0.1) is 0 Å². The Morgan fingerprint density at radius 2 is 1.73 bits per heavy atom. The SMILES string of the molecule is O=C(NCc1ccncc1)c1cccc(C(=O)NC2CC2)n1. The predicted octanol–water partition coefficient (Wildman–Crippen LogP) is 1.30. The second-order valence-corrected chi connectivity index (χ2v) is 5.19. The topological polar surface area (TPSA) is 84.0 Å². The van der Waals surface area contributed by atoms with E-state index in [9.17, 15) is 9.59 Å². The largest absolute Gasteiger partial charge is 0.348 e. The maximum absolute atomic E-state index is 12.1. The Labute approximate surface area is 128 Å². The minimum absolute atomic E-state index is 0.230. The van der Waals surface area contributed by atoms with E-state index in [4.69, 9.17) is 0 Å². The number of pyridine rings is 2. The van der Waals surface area contributed by atoms with Gasteiger partial charge in [-0.05, 0) is 42.7 Å². The Morgan fingerprint density at radius 3 is 2.41 bits per heavy atom. The average molecular weight is 296 g/mol. The fourth-order valence-corrected chi connectivity index (χ4v) is 1.95. The lowest BCUT2D eigenvalue weighted by Crippen LogP contribution is -2.28. The molecule has 1 fully saturated rings. The lowest BCUT2D eigenvalue weighted by Gasteiger charge is -2.06. The molecule has 3 rings (SSSR count). The van der Waals surface area contributed by atoms with Crippen LogP contribution in [-0.4, -0.2) is 27.8 Å². The summed E-state index contributed by atoms with van der Waals surface area (Å²) in [6, 6.07) is 8.78. The summed E-state index contributed by atoms with van der Waals surface area (Å²) in [7, 11) is 0. The van der Waals surface area contributed by atoms with E-state index in [-0.39, 0.29) is 29.2 Å². The van der Waals surface area contributed by atoms with Crippen LogP contribution in [0, 0.1) is 0 Å². The molecule has 1 aliphatic carbocycles. The summed E-state index contributed by atoms with van der Waals surface area (Å²) in [6.45, 7) is 0.390. The van der Waals surface area contributed by atoms with E-state index in [1.54, 1.807) is 30.6 Å². The lowest BCUT2D eigenvalue weighted by atomic mass is 10.2. The maximum Gasteiger partial charge on any atom is 0.270 e. The molecule has 2 heterocycles. The summed E-state index contributed by atoms with van der Waals surface area (Å²) in [5.41, 5.74) is 1.45. The second kappa shape index (κ2) is 6.34. The molecule has 6 nitrogen and oxygen atoms in total. The van der Waals surface area contributed by atoms with Crippen LogP contribution in [0.4, 0.5) is 0 Å². The summed E-state index contributed by atoms with van der Waals surface area (Å²) in [5, 5.41) is 5.63. The van der Waals surface area contributed by atoms with Crippen LogP contribution >= 0.6 is 0 Å². The van der Waals surface area contributed by atoms with Gasteiger partial charge in [0, 0.05) is 25.0 Å². The molecule has 0 atom stereocenters. The summed E-state index contributed by atoms with van der Waals surface area (Å²) < 4.78 is 0. The molecule has 0 aliphatic heterocycles. The standard InChI is InChI=1S/C16H16N4O2/c21-15(18-10-11-6-8-17-9-7-11)13-2-1-3-14(20-13)16(22)19-12-4-5-12/h1-3,6-9,12H,4-5,10H2,(H,18,21)(H,19,22). The van der Waals surface area contributed by atoms with Gasteiger partial charge in [-0.15, -0.1) is 0 Å². The molecule has 0 radical (unpaired) electrons. The number of hydrogen-bond donors (Lipinski definition) is 2. The van der Waals surface area contributed by atoms with Crippen molar-refractivity contribution in [2.75, 3.05) is 0 Å². The monoisotopic (exact) mass is 296 g/mol. The van der Waals surface area contributed by atoms with Crippen molar-refractivity contribution in [3.63, 3.8) is 0 Å². The van der Waals surface area contributed by atoms with Crippen LogP contribution < -0.4 is 10.6 Å². The van der Waals surface area contributed by atoms with E-state index in [0.29, 0.717) is 6.54 Å². The van der Waals surface area contributed by atoms with Gasteiger partial charge in [-0.1, -0.05) is 6.07 Å². The van der Waals surface area contributed by atoms with Gasteiger partial charge in [0.1, 0.15) is 11.4 Å². The first kappa shape index (κ1) is 14.2. The molecule has 1 saturated carbocycles. The van der Waals surface area contributed by atoms with Gasteiger partial charge < -0.3 is 10.6 Å². The molecule has 0 bridgehead atoms. The molecular formula is C16H16N4O2. The zero-order valence-corrected chi connectivity index (χ0v) is 12.0. The third kappa shape index (κ3) is 3.66. The number of amides is 2. The van der Waals surface area contributed by atoms with Crippen molar-refractivity contribution in [3.8, 4) is 0 Å². The van der Waals surface area contributed by atoms with Gasteiger partial charge >= 0.3 is 0 Å². The summed E-state index contributed by atoms with van der Waals surface area (Å²) >= 11 is 0. The Hall–Kier alpha value is -2.76. The molecule has 22 heavy (non-hydrogen) atoms. The summed E-state index contributed by atoms with van der Waals surface area (Å²) in [5.74, 6) is -0.538. The number of carbonyl (C=O) groups is 2. The highest BCUT2D eigenvalue weighted by atomic mass is 16.2. The smallest absolute Gasteiger partial charge is 0.270 e. The molecule has 0 spiro atoms. The van der Waals surface area contributed by atoms with Crippen molar-refractivity contribution in [2.24, 2.45) is 0 Å². The number of nitrogens with zero attached hydrogens (tertiary/aromatic N) is 2. The molecule has 2 aromatic heterocycles. The fraction of sp³-hybridized carbons (Fsp3) is 0.250. The number of aromatic nitrogens is 2. The Bertz CT molecular complexity index is 684. The van der Waals surface area contributed by atoms with Crippen molar-refractivity contribution in [1.82, 2.24) is 20.6 Å². The first-order chi connectivity index (χ1) is 10.7. The van der Waals surface area contributed by atoms with Gasteiger partial charge in [-0.2, -0.15) is 0 Å². The second-order valence-electron chi connectivity index (χ2n) is 5.19. The van der Waals surface area contributed by atoms with Gasteiger partial charge in [-0.25, -0.2) is 4.98 Å². The minimum atomic E-state index is -0.308. The molecule has 112 valence electrons. The first-order valence-corrected chi connectivity index (χ1v) is 7.17. The van der Waals surface area contributed by atoms with Crippen LogP contribution in [-0.2, 0) is 6.54 Å². The quantitative estimate of drug-likeness (QED) is 0.871. The highest BCUT2D eigenvalue weighted by Crippen LogP contribution is 2.19. The van der Waals surface area contributed by atoms with Crippen LogP contribution in [0.1, 0.15) is 39.4 Å². The zero-order valence-electron chi connectivity index (χ0n) is 12.0. The molecule has 2 N–H and O–H groups in total. The molecule has 6 heteroatoms. The van der Waals surface area contributed by atoms with Gasteiger partial charge in [0.2, 0.25) is 0 Å². The number of rotatable bonds is 5. The van der Waals surface area contributed by atoms with Crippen molar-refractivity contribution in [3.05, 3.63) is 59.7 Å². The van der Waals surface area contributed by atoms with Crippen LogP contribution in [0.2, 0.25) is 0 Å². The Kier molecular flexibility index (Phi) is 4.09. The third-order valence-electron chi connectivity index (χ3n) is 3.33. The van der Waals surface area contributed by atoms with E-state index in [2.05, 4.69) is 20.6 Å². The number of carbonyl (C=O) groups excluding carboxylic acids is 2. The fourth-order valence-electron chi connectivity index (χ4n) is 1.95. The Morgan fingerprint density at radius 1 is 1.05 bits per heavy atom. The predicted molar refractivity (Wildman–Crippen MR) is 80.1 cm³/mol. The normalized spacial score (nSPS) is 13.5. The summed E-state index contributed by atoms with van der Waals surface area (Å²) in [6.07, 6.45) is 5.36. The van der Waals surface area contributed by atoms with Gasteiger partial charge in [0.25, 0.3) is 11.8 Å². The molecule has 2 aromatic rings. The molecule has 2 amide bonds. The maximum atomic E-state index is 12.1. The van der Waals surface area contributed by atoms with E-state index >= 15 is 0 Å². The van der Waals surface area contributed by atoms with E-state index in [0.717, 1.165) is 18.4 Å². The molecule has 0 unspecified atom stereocenters.